The Kier molecular flexibility index (Phi) is 36.3. The minimum absolute atomic E-state index is 0.0708. The van der Waals surface area contributed by atoms with Crippen LogP contribution in [0.1, 0.15) is 149 Å². The fourth-order valence-electron chi connectivity index (χ4n) is 5.17. The van der Waals surface area contributed by atoms with Gasteiger partial charge in [-0.05, 0) is 70.6 Å². The molecule has 0 aromatic rings. The maximum Gasteiger partial charge on any atom is 0.472 e. The van der Waals surface area contributed by atoms with E-state index in [1.54, 1.807) is 6.08 Å². The second kappa shape index (κ2) is 38.4. The summed E-state index contributed by atoms with van der Waals surface area (Å²) in [7, 11) is -4.75. The number of aliphatic hydroxyl groups excluding tert-OH is 1. The van der Waals surface area contributed by atoms with Gasteiger partial charge in [0.1, 0.15) is 12.6 Å². The van der Waals surface area contributed by atoms with E-state index in [0.29, 0.717) is 25.7 Å². The van der Waals surface area contributed by atoms with Gasteiger partial charge in [-0.15, -0.1) is 0 Å². The summed E-state index contributed by atoms with van der Waals surface area (Å²) in [5, 5.41) is 18.7. The van der Waals surface area contributed by atoms with Crippen LogP contribution >= 0.6 is 7.82 Å². The summed E-state index contributed by atoms with van der Waals surface area (Å²) >= 11 is 0. The second-order valence-electron chi connectivity index (χ2n) is 13.9. The molecule has 326 valence electrons. The summed E-state index contributed by atoms with van der Waals surface area (Å²) in [6, 6.07) is -1.54. The lowest BCUT2D eigenvalue weighted by molar-refractivity contribution is -0.161. The predicted molar refractivity (Wildman–Crippen MR) is 227 cm³/mol. The zero-order valence-corrected chi connectivity index (χ0v) is 35.7. The number of aliphatic hydroxyl groups is 1. The van der Waals surface area contributed by atoms with Crippen LogP contribution in [0.3, 0.4) is 0 Å². The number of unbranched alkanes of at least 4 members (excludes halogenated alkanes) is 12. The Hall–Kier alpha value is -3.12. The van der Waals surface area contributed by atoms with Gasteiger partial charge in [-0.2, -0.15) is 0 Å². The number of rotatable bonds is 38. The minimum Gasteiger partial charge on any atom is -0.480 e. The van der Waals surface area contributed by atoms with Crippen molar-refractivity contribution in [1.82, 2.24) is 0 Å². The number of hydrogen-bond donors (Lipinski definition) is 4. The van der Waals surface area contributed by atoms with Gasteiger partial charge in [-0.25, -0.2) is 4.57 Å². The summed E-state index contributed by atoms with van der Waals surface area (Å²) in [6.07, 6.45) is 41.7. The molecule has 12 nitrogen and oxygen atoms in total. The Labute approximate surface area is 343 Å². The fourth-order valence-corrected chi connectivity index (χ4v) is 5.95. The number of esters is 2. The number of carboxylic acids is 1. The first-order valence-corrected chi connectivity index (χ1v) is 22.6. The van der Waals surface area contributed by atoms with Crippen molar-refractivity contribution in [2.45, 2.75) is 167 Å². The highest BCUT2D eigenvalue weighted by atomic mass is 31.2. The molecule has 0 rings (SSSR count). The molecule has 0 amide bonds. The third kappa shape index (κ3) is 38.2. The summed E-state index contributed by atoms with van der Waals surface area (Å²) in [6.45, 7) is 2.48. The van der Waals surface area contributed by atoms with E-state index in [4.69, 9.17) is 24.8 Å². The van der Waals surface area contributed by atoms with Gasteiger partial charge in [0.05, 0.1) is 19.3 Å². The van der Waals surface area contributed by atoms with E-state index in [2.05, 4.69) is 48.8 Å². The van der Waals surface area contributed by atoms with Gasteiger partial charge >= 0.3 is 25.7 Å². The molecule has 4 atom stereocenters. The standard InChI is InChI=1S/C44H74NO11P/c1-3-5-7-8-9-10-11-12-13-14-15-16-17-20-24-27-31-35-43(48)56-40(37-54-57(51,52)55-38-41(45)44(49)50)36-53-42(47)34-30-26-23-21-18-19-22-25-29-33-39(46)32-28-6-4-2/h6,12-13,15-16,20,22,24-25,28-29,33,39-41,46H,3-5,7-11,14,17-19,21,23,26-27,30-32,34-38,45H2,1-2H3,(H,49,50)(H,51,52)/b13-12-,16-15-,24-20-,25-22+,28-6+,33-29+/t39?,40-,41+/m1/s1. The molecule has 0 aliphatic heterocycles. The lowest BCUT2D eigenvalue weighted by Gasteiger charge is -2.20. The molecule has 0 aromatic heterocycles. The average molecular weight is 824 g/mol. The largest absolute Gasteiger partial charge is 0.480 e. The van der Waals surface area contributed by atoms with Gasteiger partial charge < -0.3 is 30.3 Å². The highest BCUT2D eigenvalue weighted by molar-refractivity contribution is 7.47. The molecule has 0 spiro atoms. The lowest BCUT2D eigenvalue weighted by atomic mass is 10.1. The average Bonchev–Trinajstić information content (AvgIpc) is 3.18. The van der Waals surface area contributed by atoms with Crippen molar-refractivity contribution < 1.29 is 52.6 Å². The van der Waals surface area contributed by atoms with Crippen molar-refractivity contribution in [3.05, 3.63) is 72.9 Å². The molecule has 0 radical (unpaired) electrons. The quantitative estimate of drug-likeness (QED) is 0.0152. The van der Waals surface area contributed by atoms with Crippen LogP contribution in [0.15, 0.2) is 72.9 Å². The number of aliphatic carboxylic acids is 1. The van der Waals surface area contributed by atoms with E-state index in [0.717, 1.165) is 57.8 Å². The Bertz CT molecular complexity index is 1260. The Morgan fingerprint density at radius 2 is 1.21 bits per heavy atom. The molecule has 0 aromatic carbocycles. The Morgan fingerprint density at radius 3 is 1.86 bits per heavy atom. The second-order valence-corrected chi connectivity index (χ2v) is 15.4. The zero-order valence-electron chi connectivity index (χ0n) is 34.8. The van der Waals surface area contributed by atoms with Crippen LogP contribution in [0.4, 0.5) is 0 Å². The number of hydrogen-bond acceptors (Lipinski definition) is 10. The van der Waals surface area contributed by atoms with E-state index in [1.807, 2.05) is 36.5 Å². The first-order valence-electron chi connectivity index (χ1n) is 21.1. The molecule has 13 heteroatoms. The van der Waals surface area contributed by atoms with Gasteiger partial charge in [0.15, 0.2) is 6.10 Å². The van der Waals surface area contributed by atoms with Crippen LogP contribution in [-0.2, 0) is 37.5 Å². The summed E-state index contributed by atoms with van der Waals surface area (Å²) in [5.74, 6) is -2.52. The fraction of sp³-hybridized carbons (Fsp3) is 0.659. The molecule has 0 fully saturated rings. The molecule has 0 heterocycles. The molecule has 0 saturated heterocycles. The van der Waals surface area contributed by atoms with Crippen LogP contribution in [0.25, 0.3) is 0 Å². The van der Waals surface area contributed by atoms with Crippen LogP contribution < -0.4 is 5.73 Å². The van der Waals surface area contributed by atoms with Gasteiger partial charge in [-0.1, -0.05) is 138 Å². The van der Waals surface area contributed by atoms with Gasteiger partial charge in [0, 0.05) is 12.8 Å². The van der Waals surface area contributed by atoms with Crippen LogP contribution in [0.5, 0.6) is 0 Å². The molecule has 2 unspecified atom stereocenters. The molecule has 0 aliphatic carbocycles. The number of carboxylic acid groups (broad SMARTS) is 1. The number of phosphoric ester groups is 1. The van der Waals surface area contributed by atoms with Gasteiger partial charge in [-0.3, -0.25) is 23.4 Å². The van der Waals surface area contributed by atoms with Crippen molar-refractivity contribution in [2.24, 2.45) is 5.73 Å². The molecule has 5 N–H and O–H groups in total. The number of carbonyl (C=O) groups is 3. The number of ether oxygens (including phenoxy) is 2. The van der Waals surface area contributed by atoms with Crippen molar-refractivity contribution >= 4 is 25.7 Å². The van der Waals surface area contributed by atoms with Crippen LogP contribution in [0.2, 0.25) is 0 Å². The predicted octanol–water partition coefficient (Wildman–Crippen LogP) is 9.92. The third-order valence-corrected chi connectivity index (χ3v) is 9.47. The minimum atomic E-state index is -4.75. The van der Waals surface area contributed by atoms with E-state index >= 15 is 0 Å². The van der Waals surface area contributed by atoms with E-state index < -0.39 is 63.8 Å². The molecule has 57 heavy (non-hydrogen) atoms. The first kappa shape index (κ1) is 53.9. The van der Waals surface area contributed by atoms with E-state index in [1.165, 1.54) is 38.5 Å². The lowest BCUT2D eigenvalue weighted by Crippen LogP contribution is -2.34. The number of nitrogens with two attached hydrogens (primary N) is 1. The SMILES string of the molecule is CC/C=C/CC(O)/C=C/C=C/CCCCCCCC(=O)OC[C@H](COP(=O)(O)OC[C@H](N)C(=O)O)OC(=O)CCC/C=C\C/C=C\C/C=C\CCCCCCCC. The number of carbonyl (C=O) groups excluding carboxylic acids is 2. The van der Waals surface area contributed by atoms with E-state index in [9.17, 15) is 28.9 Å². The van der Waals surface area contributed by atoms with Gasteiger partial charge in [0.2, 0.25) is 0 Å². The molecular weight excluding hydrogens is 749 g/mol. The monoisotopic (exact) mass is 823 g/mol. The maximum atomic E-state index is 12.6. The zero-order chi connectivity index (χ0) is 42.2. The van der Waals surface area contributed by atoms with Gasteiger partial charge in [0.25, 0.3) is 0 Å². The topological polar surface area (TPSA) is 192 Å². The van der Waals surface area contributed by atoms with E-state index in [-0.39, 0.29) is 12.8 Å². The van der Waals surface area contributed by atoms with Crippen LogP contribution in [0, 0.1) is 0 Å². The third-order valence-electron chi connectivity index (χ3n) is 8.52. The highest BCUT2D eigenvalue weighted by Crippen LogP contribution is 2.43. The smallest absolute Gasteiger partial charge is 0.472 e. The molecule has 0 saturated carbocycles. The number of allylic oxidation sites excluding steroid dienone is 10. The van der Waals surface area contributed by atoms with Crippen molar-refractivity contribution in [2.75, 3.05) is 19.8 Å². The van der Waals surface area contributed by atoms with Crippen molar-refractivity contribution in [3.8, 4) is 0 Å². The van der Waals surface area contributed by atoms with Crippen LogP contribution in [-0.4, -0.2) is 71.1 Å². The normalized spacial score (nSPS) is 15.0. The molecule has 0 aliphatic rings. The summed E-state index contributed by atoms with van der Waals surface area (Å²) in [5.41, 5.74) is 5.32. The maximum absolute atomic E-state index is 12.6. The molecule has 0 bridgehead atoms. The number of phosphoric acid groups is 1. The summed E-state index contributed by atoms with van der Waals surface area (Å²) in [4.78, 5) is 45.9. The first-order chi connectivity index (χ1) is 27.5. The highest BCUT2D eigenvalue weighted by Gasteiger charge is 2.28. The Morgan fingerprint density at radius 1 is 0.649 bits per heavy atom. The van der Waals surface area contributed by atoms with Crippen molar-refractivity contribution in [1.29, 1.82) is 0 Å². The van der Waals surface area contributed by atoms with Crippen molar-refractivity contribution in [3.63, 3.8) is 0 Å². The summed E-state index contributed by atoms with van der Waals surface area (Å²) < 4.78 is 32.5. The Balaban J connectivity index is 4.55. The molecular formula is C44H74NO11P.